The second-order valence-corrected chi connectivity index (χ2v) is 3.57. The molecule has 1 N–H and O–H groups in total. The Morgan fingerprint density at radius 3 is 2.69 bits per heavy atom. The van der Waals surface area contributed by atoms with Crippen molar-refractivity contribution in [2.24, 2.45) is 0 Å². The molecule has 0 unspecified atom stereocenters. The van der Waals surface area contributed by atoms with Gasteiger partial charge in [-0.05, 0) is 22.9 Å². The Morgan fingerprint density at radius 2 is 2.12 bits per heavy atom. The van der Waals surface area contributed by atoms with Gasteiger partial charge in [0.1, 0.15) is 16.6 Å². The minimum absolute atomic E-state index is 0.136. The fraction of sp³-hybridized carbons (Fsp3) is 0.500. The summed E-state index contributed by atoms with van der Waals surface area (Å²) in [5.74, 6) is 0.262. The highest BCUT2D eigenvalue weighted by atomic mass is 79.9. The van der Waals surface area contributed by atoms with Crippen molar-refractivity contribution in [3.63, 3.8) is 0 Å². The lowest BCUT2D eigenvalue weighted by Gasteiger charge is -2.11. The second kappa shape index (κ2) is 5.33. The third-order valence-electron chi connectivity index (χ3n) is 1.47. The molecule has 16 heavy (non-hydrogen) atoms. The Balaban J connectivity index is 2.77. The Morgan fingerprint density at radius 1 is 1.44 bits per heavy atom. The van der Waals surface area contributed by atoms with E-state index >= 15 is 0 Å². The van der Waals surface area contributed by atoms with E-state index in [4.69, 9.17) is 0 Å². The van der Waals surface area contributed by atoms with Crippen molar-refractivity contribution in [1.82, 2.24) is 9.97 Å². The number of aromatic nitrogens is 2. The van der Waals surface area contributed by atoms with Crippen LogP contribution in [0, 0.1) is 0 Å². The molecule has 0 spiro atoms. The molecular weight excluding hydrogens is 291 g/mol. The molecule has 0 aliphatic heterocycles. The Bertz CT molecular complexity index is 359. The summed E-state index contributed by atoms with van der Waals surface area (Å²) in [6.45, 7) is 1.05. The van der Waals surface area contributed by atoms with Gasteiger partial charge in [-0.1, -0.05) is 0 Å². The average molecular weight is 300 g/mol. The summed E-state index contributed by atoms with van der Waals surface area (Å²) in [6, 6.07) is 0. The summed E-state index contributed by atoms with van der Waals surface area (Å²) in [5.41, 5.74) is 0. The standard InChI is InChI=1S/C8H9BrF3N3O/c1-2-13-6-5(9)7(15-4-14-6)16-3-8(10,11)12/h4H,2-3H2,1H3,(H,13,14,15). The molecule has 1 heterocycles. The fourth-order valence-electron chi connectivity index (χ4n) is 0.895. The number of halogens is 4. The van der Waals surface area contributed by atoms with Gasteiger partial charge in [0.15, 0.2) is 6.61 Å². The van der Waals surface area contributed by atoms with Crippen LogP contribution in [0.2, 0.25) is 0 Å². The van der Waals surface area contributed by atoms with Crippen LogP contribution in [0.1, 0.15) is 6.92 Å². The Labute approximate surface area is 98.4 Å². The molecule has 4 nitrogen and oxygen atoms in total. The van der Waals surface area contributed by atoms with Gasteiger partial charge in [0.2, 0.25) is 5.88 Å². The topological polar surface area (TPSA) is 47.0 Å². The van der Waals surface area contributed by atoms with E-state index in [9.17, 15) is 13.2 Å². The van der Waals surface area contributed by atoms with Gasteiger partial charge in [0, 0.05) is 6.54 Å². The number of hydrogen-bond acceptors (Lipinski definition) is 4. The van der Waals surface area contributed by atoms with E-state index in [0.717, 1.165) is 6.33 Å². The SMILES string of the molecule is CCNc1ncnc(OCC(F)(F)F)c1Br. The van der Waals surface area contributed by atoms with Gasteiger partial charge in [0.25, 0.3) is 0 Å². The highest BCUT2D eigenvalue weighted by Gasteiger charge is 2.29. The third kappa shape index (κ3) is 3.84. The van der Waals surface area contributed by atoms with Gasteiger partial charge >= 0.3 is 6.18 Å². The number of alkyl halides is 3. The lowest BCUT2D eigenvalue weighted by Crippen LogP contribution is -2.20. The fourth-order valence-corrected chi connectivity index (χ4v) is 1.35. The first-order valence-electron chi connectivity index (χ1n) is 4.38. The first kappa shape index (κ1) is 13.0. The van der Waals surface area contributed by atoms with Gasteiger partial charge in [-0.25, -0.2) is 9.97 Å². The van der Waals surface area contributed by atoms with E-state index in [1.54, 1.807) is 0 Å². The zero-order valence-electron chi connectivity index (χ0n) is 8.31. The molecule has 0 saturated heterocycles. The second-order valence-electron chi connectivity index (χ2n) is 2.78. The average Bonchev–Trinajstić information content (AvgIpc) is 2.18. The van der Waals surface area contributed by atoms with Crippen molar-refractivity contribution in [3.05, 3.63) is 10.8 Å². The van der Waals surface area contributed by atoms with E-state index in [-0.39, 0.29) is 10.4 Å². The van der Waals surface area contributed by atoms with Crippen LogP contribution in [0.15, 0.2) is 10.8 Å². The molecule has 0 aromatic carbocycles. The maximum atomic E-state index is 11.9. The van der Waals surface area contributed by atoms with Gasteiger partial charge in [-0.2, -0.15) is 13.2 Å². The van der Waals surface area contributed by atoms with Gasteiger partial charge in [0.05, 0.1) is 0 Å². The van der Waals surface area contributed by atoms with Gasteiger partial charge in [-0.15, -0.1) is 0 Å². The summed E-state index contributed by atoms with van der Waals surface area (Å²) in [5, 5.41) is 2.85. The molecule has 1 aromatic heterocycles. The Kier molecular flexibility index (Phi) is 4.34. The number of nitrogens with zero attached hydrogens (tertiary/aromatic N) is 2. The molecule has 1 aromatic rings. The van der Waals surface area contributed by atoms with Crippen LogP contribution in [0.4, 0.5) is 19.0 Å². The van der Waals surface area contributed by atoms with Crippen molar-refractivity contribution >= 4 is 21.7 Å². The first-order chi connectivity index (χ1) is 7.44. The highest BCUT2D eigenvalue weighted by Crippen LogP contribution is 2.29. The van der Waals surface area contributed by atoms with Crippen molar-refractivity contribution in [1.29, 1.82) is 0 Å². The van der Waals surface area contributed by atoms with Gasteiger partial charge < -0.3 is 10.1 Å². The van der Waals surface area contributed by atoms with Crippen LogP contribution >= 0.6 is 15.9 Å². The monoisotopic (exact) mass is 299 g/mol. The van der Waals surface area contributed by atoms with E-state index in [1.807, 2.05) is 6.92 Å². The number of anilines is 1. The summed E-state index contributed by atoms with van der Waals surface area (Å²) in [4.78, 5) is 7.45. The minimum atomic E-state index is -4.39. The van der Waals surface area contributed by atoms with Gasteiger partial charge in [-0.3, -0.25) is 0 Å². The number of hydrogen-bond donors (Lipinski definition) is 1. The van der Waals surface area contributed by atoms with Crippen LogP contribution in [-0.2, 0) is 0 Å². The third-order valence-corrected chi connectivity index (χ3v) is 2.19. The van der Waals surface area contributed by atoms with Crippen LogP contribution in [0.25, 0.3) is 0 Å². The number of rotatable bonds is 4. The lowest BCUT2D eigenvalue weighted by atomic mass is 10.5. The quantitative estimate of drug-likeness (QED) is 0.928. The maximum Gasteiger partial charge on any atom is 0.422 e. The van der Waals surface area contributed by atoms with E-state index < -0.39 is 12.8 Å². The Hall–Kier alpha value is -1.05. The molecule has 0 radical (unpaired) electrons. The highest BCUT2D eigenvalue weighted by molar-refractivity contribution is 9.10. The summed E-state index contributed by atoms with van der Waals surface area (Å²) in [7, 11) is 0. The summed E-state index contributed by atoms with van der Waals surface area (Å²) in [6.07, 6.45) is -3.25. The van der Waals surface area contributed by atoms with Crippen molar-refractivity contribution < 1.29 is 17.9 Å². The predicted octanol–water partition coefficient (Wildman–Crippen LogP) is 2.61. The molecule has 0 aliphatic carbocycles. The normalized spacial score (nSPS) is 11.3. The zero-order chi connectivity index (χ0) is 12.2. The van der Waals surface area contributed by atoms with Crippen molar-refractivity contribution in [3.8, 4) is 5.88 Å². The maximum absolute atomic E-state index is 11.9. The summed E-state index contributed by atoms with van der Waals surface area (Å²) >= 11 is 3.07. The molecule has 0 fully saturated rings. The van der Waals surface area contributed by atoms with E-state index in [2.05, 4.69) is 36.0 Å². The predicted molar refractivity (Wildman–Crippen MR) is 55.4 cm³/mol. The smallest absolute Gasteiger partial charge is 0.422 e. The molecule has 0 amide bonds. The molecule has 0 atom stereocenters. The number of nitrogens with one attached hydrogen (secondary N) is 1. The van der Waals surface area contributed by atoms with Crippen LogP contribution < -0.4 is 10.1 Å². The molecular formula is C8H9BrF3N3O. The van der Waals surface area contributed by atoms with E-state index in [1.165, 1.54) is 0 Å². The largest absolute Gasteiger partial charge is 0.467 e. The summed E-state index contributed by atoms with van der Waals surface area (Å²) < 4.78 is 40.6. The van der Waals surface area contributed by atoms with Crippen LogP contribution in [0.3, 0.4) is 0 Å². The molecule has 8 heteroatoms. The molecule has 90 valence electrons. The molecule has 0 saturated carbocycles. The van der Waals surface area contributed by atoms with E-state index in [0.29, 0.717) is 12.4 Å². The number of ether oxygens (including phenoxy) is 1. The van der Waals surface area contributed by atoms with Crippen LogP contribution in [0.5, 0.6) is 5.88 Å². The first-order valence-corrected chi connectivity index (χ1v) is 5.17. The molecule has 0 aliphatic rings. The van der Waals surface area contributed by atoms with Crippen LogP contribution in [-0.4, -0.2) is 29.3 Å². The molecule has 0 bridgehead atoms. The molecule has 1 rings (SSSR count). The minimum Gasteiger partial charge on any atom is -0.467 e. The van der Waals surface area contributed by atoms with Crippen molar-refractivity contribution in [2.45, 2.75) is 13.1 Å². The lowest BCUT2D eigenvalue weighted by molar-refractivity contribution is -0.154. The zero-order valence-corrected chi connectivity index (χ0v) is 9.89. The van der Waals surface area contributed by atoms with Crippen molar-refractivity contribution in [2.75, 3.05) is 18.5 Å².